The Hall–Kier alpha value is -2.61. The molecule has 0 aliphatic rings. The van der Waals surface area contributed by atoms with Crippen LogP contribution in [0.15, 0.2) is 18.2 Å². The molecule has 0 atom stereocenters. The van der Waals surface area contributed by atoms with Crippen molar-refractivity contribution < 1.29 is 14.3 Å². The predicted molar refractivity (Wildman–Crippen MR) is 93.4 cm³/mol. The summed E-state index contributed by atoms with van der Waals surface area (Å²) in [6.45, 7) is 5.45. The molecule has 1 aromatic heterocycles. The highest BCUT2D eigenvalue weighted by Crippen LogP contribution is 2.23. The van der Waals surface area contributed by atoms with Crippen molar-refractivity contribution in [2.75, 3.05) is 19.0 Å². The fourth-order valence-electron chi connectivity index (χ4n) is 2.20. The van der Waals surface area contributed by atoms with Gasteiger partial charge < -0.3 is 10.1 Å². The van der Waals surface area contributed by atoms with Gasteiger partial charge in [-0.25, -0.2) is 0 Å². The first-order valence-corrected chi connectivity index (χ1v) is 8.12. The largest absolute Gasteiger partial charge is 0.484 e. The van der Waals surface area contributed by atoms with E-state index in [1.165, 1.54) is 11.5 Å². The van der Waals surface area contributed by atoms with Crippen molar-refractivity contribution in [3.8, 4) is 5.75 Å². The summed E-state index contributed by atoms with van der Waals surface area (Å²) in [7, 11) is 1.71. The van der Waals surface area contributed by atoms with Gasteiger partial charge in [-0.3, -0.25) is 20.4 Å². The number of hydrogen-bond donors (Lipinski definition) is 3. The molecule has 0 saturated carbocycles. The third-order valence-corrected chi connectivity index (χ3v) is 4.15. The molecule has 8 heteroatoms. The summed E-state index contributed by atoms with van der Waals surface area (Å²) in [5, 5.41) is 3.54. The van der Waals surface area contributed by atoms with Crippen molar-refractivity contribution >= 4 is 28.3 Å². The molecular weight excluding hydrogens is 328 g/mol. The van der Waals surface area contributed by atoms with Crippen LogP contribution in [0.1, 0.15) is 27.2 Å². The van der Waals surface area contributed by atoms with Crippen LogP contribution in [0.3, 0.4) is 0 Å². The molecular formula is C16H20N4O3S. The lowest BCUT2D eigenvalue weighted by molar-refractivity contribution is -0.123. The second-order valence-electron chi connectivity index (χ2n) is 5.34. The summed E-state index contributed by atoms with van der Waals surface area (Å²) >= 11 is 1.19. The maximum absolute atomic E-state index is 12.1. The standard InChI is InChI=1S/C16H20N4O3S/c1-9-5-10(2)7-12(6-9)23-8-13(21)18-19-15(22)14-11(3)20-24-16(14)17-4/h5-7,17H,8H2,1-4H3,(H,18,21)(H,19,22). The lowest BCUT2D eigenvalue weighted by atomic mass is 10.1. The zero-order chi connectivity index (χ0) is 17.7. The van der Waals surface area contributed by atoms with Crippen molar-refractivity contribution in [2.45, 2.75) is 20.8 Å². The topological polar surface area (TPSA) is 92.4 Å². The molecule has 0 fully saturated rings. The first kappa shape index (κ1) is 17.7. The number of aryl methyl sites for hydroxylation is 3. The number of hydrogen-bond acceptors (Lipinski definition) is 6. The van der Waals surface area contributed by atoms with Crippen LogP contribution in [-0.4, -0.2) is 29.8 Å². The molecule has 1 aromatic carbocycles. The molecule has 0 bridgehead atoms. The summed E-state index contributed by atoms with van der Waals surface area (Å²) in [6, 6.07) is 5.71. The average molecular weight is 348 g/mol. The molecule has 0 aliphatic carbocycles. The second kappa shape index (κ2) is 7.78. The summed E-state index contributed by atoms with van der Waals surface area (Å²) in [4.78, 5) is 24.0. The van der Waals surface area contributed by atoms with Gasteiger partial charge in [0.05, 0.1) is 11.3 Å². The number of ether oxygens (including phenoxy) is 1. The Morgan fingerprint density at radius 2 is 1.79 bits per heavy atom. The summed E-state index contributed by atoms with van der Waals surface area (Å²) < 4.78 is 9.54. The maximum Gasteiger partial charge on any atom is 0.276 e. The summed E-state index contributed by atoms with van der Waals surface area (Å²) in [6.07, 6.45) is 0. The van der Waals surface area contributed by atoms with Gasteiger partial charge in [0.25, 0.3) is 11.8 Å². The van der Waals surface area contributed by atoms with Crippen molar-refractivity contribution in [2.24, 2.45) is 0 Å². The number of hydrazine groups is 1. The van der Waals surface area contributed by atoms with Crippen LogP contribution in [0.2, 0.25) is 0 Å². The number of benzene rings is 1. The molecule has 3 N–H and O–H groups in total. The van der Waals surface area contributed by atoms with Crippen LogP contribution in [0, 0.1) is 20.8 Å². The van der Waals surface area contributed by atoms with E-state index in [9.17, 15) is 9.59 Å². The Morgan fingerprint density at radius 3 is 2.42 bits per heavy atom. The van der Waals surface area contributed by atoms with Gasteiger partial charge in [0, 0.05) is 7.05 Å². The SMILES string of the molecule is CNc1snc(C)c1C(=O)NNC(=O)COc1cc(C)cc(C)c1. The third-order valence-electron chi connectivity index (χ3n) is 3.20. The van der Waals surface area contributed by atoms with Gasteiger partial charge in [-0.05, 0) is 55.6 Å². The first-order chi connectivity index (χ1) is 11.4. The lowest BCUT2D eigenvalue weighted by Crippen LogP contribution is -2.44. The number of anilines is 1. The van der Waals surface area contributed by atoms with E-state index in [0.29, 0.717) is 22.0 Å². The van der Waals surface area contributed by atoms with Crippen LogP contribution in [0.4, 0.5) is 5.00 Å². The quantitative estimate of drug-likeness (QED) is 0.718. The summed E-state index contributed by atoms with van der Waals surface area (Å²) in [5.41, 5.74) is 7.83. The van der Waals surface area contributed by atoms with E-state index in [0.717, 1.165) is 11.1 Å². The van der Waals surface area contributed by atoms with Gasteiger partial charge >= 0.3 is 0 Å². The summed E-state index contributed by atoms with van der Waals surface area (Å²) in [5.74, 6) is -0.260. The Kier molecular flexibility index (Phi) is 5.75. The van der Waals surface area contributed by atoms with Crippen LogP contribution in [0.5, 0.6) is 5.75 Å². The maximum atomic E-state index is 12.1. The molecule has 2 rings (SSSR count). The van der Waals surface area contributed by atoms with Gasteiger partial charge in [0.1, 0.15) is 10.8 Å². The van der Waals surface area contributed by atoms with E-state index in [4.69, 9.17) is 4.74 Å². The highest BCUT2D eigenvalue weighted by atomic mass is 32.1. The Morgan fingerprint density at radius 1 is 1.12 bits per heavy atom. The number of carbonyl (C=O) groups is 2. The smallest absolute Gasteiger partial charge is 0.276 e. The molecule has 0 radical (unpaired) electrons. The van der Waals surface area contributed by atoms with Gasteiger partial charge in [0.2, 0.25) is 0 Å². The van der Waals surface area contributed by atoms with Gasteiger partial charge in [-0.2, -0.15) is 4.37 Å². The molecule has 1 heterocycles. The molecule has 7 nitrogen and oxygen atoms in total. The second-order valence-corrected chi connectivity index (χ2v) is 6.11. The highest BCUT2D eigenvalue weighted by molar-refractivity contribution is 7.10. The number of rotatable bonds is 5. The fraction of sp³-hybridized carbons (Fsp3) is 0.312. The van der Waals surface area contributed by atoms with E-state index >= 15 is 0 Å². The minimum atomic E-state index is -0.450. The molecule has 128 valence electrons. The fourth-order valence-corrected chi connectivity index (χ4v) is 2.94. The number of carbonyl (C=O) groups excluding carboxylic acids is 2. The van der Waals surface area contributed by atoms with Gasteiger partial charge in [-0.1, -0.05) is 6.07 Å². The number of aromatic nitrogens is 1. The number of nitrogens with zero attached hydrogens (tertiary/aromatic N) is 1. The normalized spacial score (nSPS) is 10.2. The third kappa shape index (κ3) is 4.45. The highest BCUT2D eigenvalue weighted by Gasteiger charge is 2.18. The van der Waals surface area contributed by atoms with Crippen LogP contribution in [0.25, 0.3) is 0 Å². The van der Waals surface area contributed by atoms with Gasteiger partial charge in [-0.15, -0.1) is 0 Å². The molecule has 0 saturated heterocycles. The van der Waals surface area contributed by atoms with Crippen LogP contribution >= 0.6 is 11.5 Å². The van der Waals surface area contributed by atoms with E-state index < -0.39 is 11.8 Å². The van der Waals surface area contributed by atoms with E-state index in [2.05, 4.69) is 20.5 Å². The van der Waals surface area contributed by atoms with E-state index in [1.807, 2.05) is 32.0 Å². The Balaban J connectivity index is 1.86. The van der Waals surface area contributed by atoms with Crippen molar-refractivity contribution in [3.05, 3.63) is 40.6 Å². The number of amides is 2. The Bertz CT molecular complexity index is 738. The van der Waals surface area contributed by atoms with Crippen LogP contribution in [-0.2, 0) is 4.79 Å². The molecule has 2 aromatic rings. The predicted octanol–water partition coefficient (Wildman–Crippen LogP) is 1.95. The molecule has 0 unspecified atom stereocenters. The monoisotopic (exact) mass is 348 g/mol. The van der Waals surface area contributed by atoms with E-state index in [1.54, 1.807) is 14.0 Å². The van der Waals surface area contributed by atoms with E-state index in [-0.39, 0.29) is 6.61 Å². The zero-order valence-electron chi connectivity index (χ0n) is 14.0. The molecule has 24 heavy (non-hydrogen) atoms. The molecule has 0 aliphatic heterocycles. The van der Waals surface area contributed by atoms with Crippen LogP contribution < -0.4 is 20.9 Å². The van der Waals surface area contributed by atoms with Crippen molar-refractivity contribution in [3.63, 3.8) is 0 Å². The Labute approximate surface area is 144 Å². The molecule has 0 spiro atoms. The first-order valence-electron chi connectivity index (χ1n) is 7.35. The van der Waals surface area contributed by atoms with Crippen molar-refractivity contribution in [1.29, 1.82) is 0 Å². The van der Waals surface area contributed by atoms with Gasteiger partial charge in [0.15, 0.2) is 6.61 Å². The van der Waals surface area contributed by atoms with Crippen molar-refractivity contribution in [1.82, 2.24) is 15.2 Å². The zero-order valence-corrected chi connectivity index (χ0v) is 14.8. The molecule has 2 amide bonds. The minimum absolute atomic E-state index is 0.192. The average Bonchev–Trinajstić information content (AvgIpc) is 2.90. The minimum Gasteiger partial charge on any atom is -0.484 e. The lowest BCUT2D eigenvalue weighted by Gasteiger charge is -2.10. The number of nitrogens with one attached hydrogen (secondary N) is 3.